The number of carbonyl (C=O) groups is 1. The number of carboxylic acids is 1. The molecule has 0 spiro atoms. The first kappa shape index (κ1) is 16.1. The lowest BCUT2D eigenvalue weighted by Gasteiger charge is -2.29. The van der Waals surface area contributed by atoms with Crippen LogP contribution in [0.15, 0.2) is 16.6 Å². The SMILES string of the molecule is COc1cc(Br)cc(CC(C)(C)C(=O)O)c1OC1CCC1. The van der Waals surface area contributed by atoms with Gasteiger partial charge in [-0.25, -0.2) is 0 Å². The van der Waals surface area contributed by atoms with Crippen molar-refractivity contribution in [3.05, 3.63) is 22.2 Å². The highest BCUT2D eigenvalue weighted by Crippen LogP contribution is 2.40. The van der Waals surface area contributed by atoms with Gasteiger partial charge in [-0.15, -0.1) is 0 Å². The van der Waals surface area contributed by atoms with Crippen LogP contribution in [0.3, 0.4) is 0 Å². The van der Waals surface area contributed by atoms with Crippen LogP contribution in [-0.2, 0) is 11.2 Å². The molecule has 1 aromatic carbocycles. The van der Waals surface area contributed by atoms with Crippen molar-refractivity contribution >= 4 is 21.9 Å². The Kier molecular flexibility index (Phi) is 4.81. The van der Waals surface area contributed by atoms with Crippen LogP contribution in [0.4, 0.5) is 0 Å². The maximum absolute atomic E-state index is 11.4. The van der Waals surface area contributed by atoms with Crippen molar-refractivity contribution < 1.29 is 19.4 Å². The van der Waals surface area contributed by atoms with E-state index in [1.807, 2.05) is 12.1 Å². The van der Waals surface area contributed by atoms with E-state index >= 15 is 0 Å². The Hall–Kier alpha value is -1.23. The Morgan fingerprint density at radius 1 is 1.43 bits per heavy atom. The molecule has 0 radical (unpaired) electrons. The molecule has 1 aliphatic carbocycles. The Morgan fingerprint density at radius 2 is 2.10 bits per heavy atom. The molecule has 0 saturated heterocycles. The van der Waals surface area contributed by atoms with Crippen molar-refractivity contribution in [2.24, 2.45) is 5.41 Å². The number of hydrogen-bond acceptors (Lipinski definition) is 3. The van der Waals surface area contributed by atoms with Crippen LogP contribution in [0.5, 0.6) is 11.5 Å². The largest absolute Gasteiger partial charge is 0.493 e. The van der Waals surface area contributed by atoms with Crippen molar-refractivity contribution in [1.82, 2.24) is 0 Å². The standard InChI is InChI=1S/C16H21BrO4/c1-16(2,15(18)19)9-10-7-11(17)8-13(20-3)14(10)21-12-5-4-6-12/h7-8,12H,4-6,9H2,1-3H3,(H,18,19). The lowest BCUT2D eigenvalue weighted by Crippen LogP contribution is -2.28. The molecule has 4 nitrogen and oxygen atoms in total. The fraction of sp³-hybridized carbons (Fsp3) is 0.562. The summed E-state index contributed by atoms with van der Waals surface area (Å²) in [4.78, 5) is 11.4. The summed E-state index contributed by atoms with van der Waals surface area (Å²) in [6, 6.07) is 3.77. The van der Waals surface area contributed by atoms with Crippen LogP contribution in [0.1, 0.15) is 38.7 Å². The zero-order valence-electron chi connectivity index (χ0n) is 12.6. The molecule has 0 amide bonds. The summed E-state index contributed by atoms with van der Waals surface area (Å²) in [7, 11) is 1.60. The van der Waals surface area contributed by atoms with Crippen molar-refractivity contribution in [2.45, 2.75) is 45.6 Å². The van der Waals surface area contributed by atoms with Gasteiger partial charge < -0.3 is 14.6 Å². The Labute approximate surface area is 133 Å². The average Bonchev–Trinajstić information content (AvgIpc) is 2.34. The summed E-state index contributed by atoms with van der Waals surface area (Å²) in [5.41, 5.74) is 0.00399. The van der Waals surface area contributed by atoms with Crippen LogP contribution >= 0.6 is 15.9 Å². The zero-order valence-corrected chi connectivity index (χ0v) is 14.2. The number of aliphatic carboxylic acids is 1. The van der Waals surface area contributed by atoms with E-state index in [-0.39, 0.29) is 6.10 Å². The van der Waals surface area contributed by atoms with E-state index in [0.717, 1.165) is 22.9 Å². The molecule has 0 aromatic heterocycles. The average molecular weight is 357 g/mol. The van der Waals surface area contributed by atoms with Gasteiger partial charge in [0, 0.05) is 10.0 Å². The minimum Gasteiger partial charge on any atom is -0.493 e. The number of rotatable bonds is 6. The topological polar surface area (TPSA) is 55.8 Å². The molecule has 116 valence electrons. The first-order valence-electron chi connectivity index (χ1n) is 7.10. The van der Waals surface area contributed by atoms with Gasteiger partial charge in [0.1, 0.15) is 0 Å². The van der Waals surface area contributed by atoms with E-state index < -0.39 is 11.4 Å². The third-order valence-electron chi connectivity index (χ3n) is 3.86. The first-order valence-corrected chi connectivity index (χ1v) is 7.89. The summed E-state index contributed by atoms with van der Waals surface area (Å²) in [6.07, 6.45) is 3.87. The van der Waals surface area contributed by atoms with Gasteiger partial charge in [-0.1, -0.05) is 15.9 Å². The van der Waals surface area contributed by atoms with E-state index in [1.165, 1.54) is 6.42 Å². The zero-order chi connectivity index (χ0) is 15.6. The van der Waals surface area contributed by atoms with Crippen LogP contribution in [-0.4, -0.2) is 24.3 Å². The molecule has 21 heavy (non-hydrogen) atoms. The molecule has 1 N–H and O–H groups in total. The van der Waals surface area contributed by atoms with E-state index in [0.29, 0.717) is 17.9 Å². The maximum atomic E-state index is 11.4. The first-order chi connectivity index (χ1) is 9.83. The van der Waals surface area contributed by atoms with E-state index in [4.69, 9.17) is 9.47 Å². The van der Waals surface area contributed by atoms with Crippen LogP contribution < -0.4 is 9.47 Å². The molecule has 0 bridgehead atoms. The third kappa shape index (κ3) is 3.70. The second-order valence-electron chi connectivity index (χ2n) is 6.13. The summed E-state index contributed by atoms with van der Waals surface area (Å²) in [5, 5.41) is 9.34. The minimum absolute atomic E-state index is 0.215. The number of methoxy groups -OCH3 is 1. The predicted octanol–water partition coefficient (Wildman–Crippen LogP) is 4.04. The highest BCUT2D eigenvalue weighted by atomic mass is 79.9. The quantitative estimate of drug-likeness (QED) is 0.835. The van der Waals surface area contributed by atoms with Crippen LogP contribution in [0.25, 0.3) is 0 Å². The van der Waals surface area contributed by atoms with E-state index in [2.05, 4.69) is 15.9 Å². The second-order valence-corrected chi connectivity index (χ2v) is 7.05. The Balaban J connectivity index is 2.36. The molecule has 0 atom stereocenters. The highest BCUT2D eigenvalue weighted by Gasteiger charge is 2.31. The van der Waals surface area contributed by atoms with Gasteiger partial charge in [0.25, 0.3) is 0 Å². The lowest BCUT2D eigenvalue weighted by molar-refractivity contribution is -0.146. The predicted molar refractivity (Wildman–Crippen MR) is 84.1 cm³/mol. The number of hydrogen-bond donors (Lipinski definition) is 1. The van der Waals surface area contributed by atoms with Gasteiger partial charge in [0.05, 0.1) is 18.6 Å². The van der Waals surface area contributed by atoms with E-state index in [9.17, 15) is 9.90 Å². The molecule has 1 aromatic rings. The monoisotopic (exact) mass is 356 g/mol. The molecule has 0 aliphatic heterocycles. The molecular formula is C16H21BrO4. The normalized spacial score (nSPS) is 15.4. The molecule has 5 heteroatoms. The molecule has 1 fully saturated rings. The minimum atomic E-state index is -0.858. The summed E-state index contributed by atoms with van der Waals surface area (Å²) in [5.74, 6) is 0.503. The number of benzene rings is 1. The lowest BCUT2D eigenvalue weighted by atomic mass is 9.85. The van der Waals surface area contributed by atoms with Crippen molar-refractivity contribution in [3.63, 3.8) is 0 Å². The fourth-order valence-corrected chi connectivity index (χ4v) is 2.73. The molecule has 2 rings (SSSR count). The Bertz CT molecular complexity index is 535. The van der Waals surface area contributed by atoms with Gasteiger partial charge >= 0.3 is 5.97 Å². The van der Waals surface area contributed by atoms with Crippen LogP contribution in [0, 0.1) is 5.41 Å². The van der Waals surface area contributed by atoms with Gasteiger partial charge in [0.2, 0.25) is 0 Å². The van der Waals surface area contributed by atoms with Crippen molar-refractivity contribution in [1.29, 1.82) is 0 Å². The summed E-state index contributed by atoms with van der Waals surface area (Å²) < 4.78 is 12.3. The molecule has 1 saturated carbocycles. The van der Waals surface area contributed by atoms with Crippen molar-refractivity contribution in [3.8, 4) is 11.5 Å². The molecule has 1 aliphatic rings. The van der Waals surface area contributed by atoms with Gasteiger partial charge in [-0.3, -0.25) is 4.79 Å². The molecular weight excluding hydrogens is 336 g/mol. The van der Waals surface area contributed by atoms with Gasteiger partial charge in [-0.05, 0) is 51.7 Å². The Morgan fingerprint density at radius 3 is 2.57 bits per heavy atom. The summed E-state index contributed by atoms with van der Waals surface area (Å²) >= 11 is 3.45. The van der Waals surface area contributed by atoms with Crippen molar-refractivity contribution in [2.75, 3.05) is 7.11 Å². The van der Waals surface area contributed by atoms with E-state index in [1.54, 1.807) is 21.0 Å². The van der Waals surface area contributed by atoms with Gasteiger partial charge in [0.15, 0.2) is 11.5 Å². The second kappa shape index (κ2) is 6.26. The highest BCUT2D eigenvalue weighted by molar-refractivity contribution is 9.10. The maximum Gasteiger partial charge on any atom is 0.309 e. The number of ether oxygens (including phenoxy) is 2. The smallest absolute Gasteiger partial charge is 0.309 e. The fourth-order valence-electron chi connectivity index (χ4n) is 2.25. The molecule has 0 heterocycles. The van der Waals surface area contributed by atoms with Crippen LogP contribution in [0.2, 0.25) is 0 Å². The van der Waals surface area contributed by atoms with Gasteiger partial charge in [-0.2, -0.15) is 0 Å². The summed E-state index contributed by atoms with van der Waals surface area (Å²) in [6.45, 7) is 3.44. The number of halogens is 1. The molecule has 0 unspecified atom stereocenters. The number of carboxylic acid groups (broad SMARTS) is 1. The third-order valence-corrected chi connectivity index (χ3v) is 4.32.